The number of benzene rings is 1. The number of hydrogen-bond donors (Lipinski definition) is 2. The molecule has 0 saturated heterocycles. The Labute approximate surface area is 140 Å². The third kappa shape index (κ3) is 3.12. The average Bonchev–Trinajstić information content (AvgIpc) is 2.57. The summed E-state index contributed by atoms with van der Waals surface area (Å²) < 4.78 is 1.52. The Hall–Kier alpha value is -1.85. The van der Waals surface area contributed by atoms with Crippen LogP contribution in [0.3, 0.4) is 0 Å². The summed E-state index contributed by atoms with van der Waals surface area (Å²) in [6.07, 6.45) is 3.50. The quantitative estimate of drug-likeness (QED) is 0.904. The first-order valence-corrected chi connectivity index (χ1v) is 8.23. The summed E-state index contributed by atoms with van der Waals surface area (Å²) in [5.41, 5.74) is 12.8. The number of rotatable bonds is 3. The zero-order valence-corrected chi connectivity index (χ0v) is 13.7. The standard InChI is InChI=1S/C17H21ClN4O/c18-13-3-1-2-12(10-13)17(11-19)8-6-14(7-9-17)22-16(23)5-4-15(20)21-22/h1-5,10,14H,6-9,11,19H2,(H2,20,21)/t14-,17-. The summed E-state index contributed by atoms with van der Waals surface area (Å²) in [5, 5.41) is 4.91. The van der Waals surface area contributed by atoms with Gasteiger partial charge >= 0.3 is 0 Å². The zero-order valence-electron chi connectivity index (χ0n) is 12.9. The van der Waals surface area contributed by atoms with Crippen LogP contribution in [0.1, 0.15) is 37.3 Å². The number of hydrogen-bond acceptors (Lipinski definition) is 4. The SMILES string of the molecule is NC[C@]1(c2cccc(Cl)c2)CC[C@H](n2nc(N)ccc2=O)CC1. The summed E-state index contributed by atoms with van der Waals surface area (Å²) in [4.78, 5) is 12.0. The van der Waals surface area contributed by atoms with Crippen molar-refractivity contribution in [2.45, 2.75) is 37.1 Å². The highest BCUT2D eigenvalue weighted by atomic mass is 35.5. The van der Waals surface area contributed by atoms with Crippen molar-refractivity contribution in [3.05, 3.63) is 57.3 Å². The van der Waals surface area contributed by atoms with E-state index in [4.69, 9.17) is 23.1 Å². The van der Waals surface area contributed by atoms with E-state index in [9.17, 15) is 4.79 Å². The summed E-state index contributed by atoms with van der Waals surface area (Å²) >= 11 is 6.14. The second-order valence-electron chi connectivity index (χ2n) is 6.27. The summed E-state index contributed by atoms with van der Waals surface area (Å²) in [6, 6.07) is 11.0. The number of nitrogen functional groups attached to an aromatic ring is 1. The Balaban J connectivity index is 1.84. The van der Waals surface area contributed by atoms with Crippen LogP contribution >= 0.6 is 11.6 Å². The molecule has 0 bridgehead atoms. The van der Waals surface area contributed by atoms with Gasteiger partial charge < -0.3 is 11.5 Å². The molecule has 0 spiro atoms. The number of nitrogens with two attached hydrogens (primary N) is 2. The normalized spacial score (nSPS) is 24.5. The molecule has 4 N–H and O–H groups in total. The minimum absolute atomic E-state index is 0.0739. The lowest BCUT2D eigenvalue weighted by Gasteiger charge is -2.40. The molecule has 23 heavy (non-hydrogen) atoms. The van der Waals surface area contributed by atoms with Crippen molar-refractivity contribution in [2.24, 2.45) is 5.73 Å². The van der Waals surface area contributed by atoms with Crippen molar-refractivity contribution in [3.8, 4) is 0 Å². The maximum absolute atomic E-state index is 12.0. The van der Waals surface area contributed by atoms with E-state index in [1.54, 1.807) is 0 Å². The van der Waals surface area contributed by atoms with Crippen LogP contribution in [0.25, 0.3) is 0 Å². The molecule has 0 unspecified atom stereocenters. The molecule has 1 aliphatic rings. The fourth-order valence-corrected chi connectivity index (χ4v) is 3.72. The molecule has 5 nitrogen and oxygen atoms in total. The Morgan fingerprint density at radius 1 is 1.26 bits per heavy atom. The van der Waals surface area contributed by atoms with Gasteiger partial charge in [-0.3, -0.25) is 4.79 Å². The first kappa shape index (κ1) is 16.0. The second-order valence-corrected chi connectivity index (χ2v) is 6.70. The summed E-state index contributed by atoms with van der Waals surface area (Å²) in [5.74, 6) is 0.370. The van der Waals surface area contributed by atoms with Crippen LogP contribution in [-0.4, -0.2) is 16.3 Å². The van der Waals surface area contributed by atoms with Crippen LogP contribution in [0.15, 0.2) is 41.2 Å². The van der Waals surface area contributed by atoms with E-state index in [2.05, 4.69) is 11.2 Å². The maximum Gasteiger partial charge on any atom is 0.267 e. The fourth-order valence-electron chi connectivity index (χ4n) is 3.53. The van der Waals surface area contributed by atoms with Gasteiger partial charge in [-0.15, -0.1) is 0 Å². The second kappa shape index (κ2) is 6.34. The summed E-state index contributed by atoms with van der Waals surface area (Å²) in [7, 11) is 0. The molecule has 1 fully saturated rings. The van der Waals surface area contributed by atoms with E-state index in [0.717, 1.165) is 30.7 Å². The predicted molar refractivity (Wildman–Crippen MR) is 92.6 cm³/mol. The van der Waals surface area contributed by atoms with Crippen molar-refractivity contribution in [1.29, 1.82) is 0 Å². The van der Waals surface area contributed by atoms with E-state index in [-0.39, 0.29) is 17.0 Å². The van der Waals surface area contributed by atoms with Crippen molar-refractivity contribution < 1.29 is 0 Å². The van der Waals surface area contributed by atoms with E-state index in [1.807, 2.05) is 18.2 Å². The Morgan fingerprint density at radius 3 is 2.65 bits per heavy atom. The van der Waals surface area contributed by atoms with Crippen molar-refractivity contribution in [3.63, 3.8) is 0 Å². The minimum atomic E-state index is -0.104. The van der Waals surface area contributed by atoms with Crippen LogP contribution in [0.2, 0.25) is 5.02 Å². The van der Waals surface area contributed by atoms with Gasteiger partial charge in [0.25, 0.3) is 5.56 Å². The first-order valence-electron chi connectivity index (χ1n) is 7.85. The fraction of sp³-hybridized carbons (Fsp3) is 0.412. The lowest BCUT2D eigenvalue weighted by atomic mass is 9.68. The van der Waals surface area contributed by atoms with Crippen molar-refractivity contribution >= 4 is 17.4 Å². The number of halogens is 1. The molecule has 0 atom stereocenters. The molecule has 0 radical (unpaired) electrons. The van der Waals surface area contributed by atoms with Crippen molar-refractivity contribution in [1.82, 2.24) is 9.78 Å². The van der Waals surface area contributed by atoms with E-state index in [0.29, 0.717) is 12.4 Å². The molecule has 3 rings (SSSR count). The Bertz CT molecular complexity index is 750. The molecular weight excluding hydrogens is 312 g/mol. The molecule has 0 amide bonds. The lowest BCUT2D eigenvalue weighted by molar-refractivity contribution is 0.222. The first-order chi connectivity index (χ1) is 11.0. The molecule has 122 valence electrons. The largest absolute Gasteiger partial charge is 0.382 e. The third-order valence-corrected chi connectivity index (χ3v) is 5.17. The molecule has 2 aromatic rings. The number of anilines is 1. The highest BCUT2D eigenvalue weighted by Gasteiger charge is 2.36. The maximum atomic E-state index is 12.0. The minimum Gasteiger partial charge on any atom is -0.382 e. The third-order valence-electron chi connectivity index (χ3n) is 4.93. The van der Waals surface area contributed by atoms with Gasteiger partial charge in [0.1, 0.15) is 5.82 Å². The predicted octanol–water partition coefficient (Wildman–Crippen LogP) is 2.49. The van der Waals surface area contributed by atoms with Gasteiger partial charge in [-0.2, -0.15) is 5.10 Å². The van der Waals surface area contributed by atoms with E-state index >= 15 is 0 Å². The molecule has 0 aliphatic heterocycles. The van der Waals surface area contributed by atoms with E-state index in [1.165, 1.54) is 22.4 Å². The van der Waals surface area contributed by atoms with Gasteiger partial charge in [0.15, 0.2) is 0 Å². The lowest BCUT2D eigenvalue weighted by Crippen LogP contribution is -2.41. The van der Waals surface area contributed by atoms with Gasteiger partial charge in [-0.25, -0.2) is 4.68 Å². The monoisotopic (exact) mass is 332 g/mol. The van der Waals surface area contributed by atoms with Gasteiger partial charge in [0.05, 0.1) is 6.04 Å². The molecular formula is C17H21ClN4O. The number of aromatic nitrogens is 2. The molecule has 1 aromatic carbocycles. The topological polar surface area (TPSA) is 86.9 Å². The van der Waals surface area contributed by atoms with Crippen LogP contribution in [-0.2, 0) is 5.41 Å². The summed E-state index contributed by atoms with van der Waals surface area (Å²) in [6.45, 7) is 0.569. The molecule has 1 aromatic heterocycles. The highest BCUT2D eigenvalue weighted by Crippen LogP contribution is 2.42. The van der Waals surface area contributed by atoms with Crippen LogP contribution in [0.4, 0.5) is 5.82 Å². The van der Waals surface area contributed by atoms with Gasteiger partial charge in [-0.05, 0) is 49.4 Å². The Kier molecular flexibility index (Phi) is 4.41. The highest BCUT2D eigenvalue weighted by molar-refractivity contribution is 6.30. The van der Waals surface area contributed by atoms with Crippen molar-refractivity contribution in [2.75, 3.05) is 12.3 Å². The van der Waals surface area contributed by atoms with Crippen LogP contribution in [0.5, 0.6) is 0 Å². The van der Waals surface area contributed by atoms with Gasteiger partial charge in [-0.1, -0.05) is 23.7 Å². The van der Waals surface area contributed by atoms with Gasteiger partial charge in [0, 0.05) is 23.0 Å². The molecule has 1 heterocycles. The Morgan fingerprint density at radius 2 is 2.00 bits per heavy atom. The van der Waals surface area contributed by atoms with Crippen LogP contribution in [0, 0.1) is 0 Å². The average molecular weight is 333 g/mol. The molecule has 6 heteroatoms. The van der Waals surface area contributed by atoms with Gasteiger partial charge in [0.2, 0.25) is 0 Å². The smallest absolute Gasteiger partial charge is 0.267 e. The van der Waals surface area contributed by atoms with E-state index < -0.39 is 0 Å². The zero-order chi connectivity index (χ0) is 16.4. The van der Waals surface area contributed by atoms with Crippen LogP contribution < -0.4 is 17.0 Å². The molecule has 1 saturated carbocycles. The number of nitrogens with zero attached hydrogens (tertiary/aromatic N) is 2. The molecule has 1 aliphatic carbocycles.